The number of amides is 1. The molecular weight excluding hydrogens is 399 g/mol. The first kappa shape index (κ1) is 20.0. The SMILES string of the molecule is CCCOc1ccc(C(=O)N/N=C\c2ccc(-c3ccc(Cl)c(Cl)c3)o2)cc1. The van der Waals surface area contributed by atoms with E-state index in [0.717, 1.165) is 17.7 Å². The third kappa shape index (κ3) is 5.15. The summed E-state index contributed by atoms with van der Waals surface area (Å²) in [5.41, 5.74) is 3.74. The Hall–Kier alpha value is -2.76. The van der Waals surface area contributed by atoms with E-state index in [1.54, 1.807) is 48.5 Å². The third-order valence-corrected chi connectivity index (χ3v) is 4.52. The number of halogens is 2. The number of nitrogens with zero attached hydrogens (tertiary/aromatic N) is 1. The normalized spacial score (nSPS) is 11.0. The first-order chi connectivity index (χ1) is 13.6. The summed E-state index contributed by atoms with van der Waals surface area (Å²) >= 11 is 11.9. The molecule has 1 aromatic heterocycles. The zero-order valence-electron chi connectivity index (χ0n) is 15.1. The van der Waals surface area contributed by atoms with E-state index in [9.17, 15) is 4.79 Å². The smallest absolute Gasteiger partial charge is 0.271 e. The van der Waals surface area contributed by atoms with Gasteiger partial charge < -0.3 is 9.15 Å². The molecule has 0 bridgehead atoms. The maximum absolute atomic E-state index is 12.1. The second kappa shape index (κ2) is 9.44. The maximum atomic E-state index is 12.1. The molecule has 3 rings (SSSR count). The Kier molecular flexibility index (Phi) is 6.74. The number of ether oxygens (including phenoxy) is 1. The van der Waals surface area contributed by atoms with Gasteiger partial charge in [0.15, 0.2) is 0 Å². The summed E-state index contributed by atoms with van der Waals surface area (Å²) in [4.78, 5) is 12.1. The van der Waals surface area contributed by atoms with E-state index in [1.165, 1.54) is 6.21 Å². The Balaban J connectivity index is 1.59. The van der Waals surface area contributed by atoms with Gasteiger partial charge in [0.2, 0.25) is 0 Å². The van der Waals surface area contributed by atoms with Crippen molar-refractivity contribution < 1.29 is 13.9 Å². The molecule has 0 radical (unpaired) electrons. The first-order valence-electron chi connectivity index (χ1n) is 8.68. The van der Waals surface area contributed by atoms with Crippen LogP contribution in [0.3, 0.4) is 0 Å². The van der Waals surface area contributed by atoms with Crippen LogP contribution in [-0.2, 0) is 0 Å². The highest BCUT2D eigenvalue weighted by atomic mass is 35.5. The molecule has 0 aliphatic heterocycles. The van der Waals surface area contributed by atoms with Crippen molar-refractivity contribution in [3.05, 3.63) is 76.0 Å². The zero-order valence-corrected chi connectivity index (χ0v) is 16.6. The molecule has 0 fully saturated rings. The summed E-state index contributed by atoms with van der Waals surface area (Å²) in [6.07, 6.45) is 2.36. The van der Waals surface area contributed by atoms with Crippen LogP contribution in [0.4, 0.5) is 0 Å². The van der Waals surface area contributed by atoms with Gasteiger partial charge in [0.25, 0.3) is 5.91 Å². The molecule has 28 heavy (non-hydrogen) atoms. The predicted octanol–water partition coefficient (Wildman–Crippen LogP) is 5.81. The molecule has 1 amide bonds. The Bertz CT molecular complexity index is 982. The van der Waals surface area contributed by atoms with Crippen LogP contribution < -0.4 is 10.2 Å². The van der Waals surface area contributed by atoms with E-state index >= 15 is 0 Å². The first-order valence-corrected chi connectivity index (χ1v) is 9.44. The molecule has 0 saturated carbocycles. The van der Waals surface area contributed by atoms with E-state index in [0.29, 0.717) is 33.7 Å². The second-order valence-electron chi connectivity index (χ2n) is 5.90. The average Bonchev–Trinajstić information content (AvgIpc) is 3.17. The zero-order chi connectivity index (χ0) is 19.9. The lowest BCUT2D eigenvalue weighted by atomic mass is 10.2. The molecule has 0 saturated heterocycles. The molecule has 0 atom stereocenters. The van der Waals surface area contributed by atoms with E-state index in [-0.39, 0.29) is 5.91 Å². The van der Waals surface area contributed by atoms with E-state index in [4.69, 9.17) is 32.4 Å². The number of furan rings is 1. The summed E-state index contributed by atoms with van der Waals surface area (Å²) in [5.74, 6) is 1.51. The van der Waals surface area contributed by atoms with Crippen LogP contribution in [-0.4, -0.2) is 18.7 Å². The lowest BCUT2D eigenvalue weighted by Gasteiger charge is -2.05. The van der Waals surface area contributed by atoms with Crippen LogP contribution in [0.5, 0.6) is 5.75 Å². The van der Waals surface area contributed by atoms with Crippen LogP contribution in [0.25, 0.3) is 11.3 Å². The predicted molar refractivity (Wildman–Crippen MR) is 111 cm³/mol. The van der Waals surface area contributed by atoms with Crippen molar-refractivity contribution >= 4 is 35.3 Å². The maximum Gasteiger partial charge on any atom is 0.271 e. The molecule has 0 aliphatic rings. The number of hydrogen-bond acceptors (Lipinski definition) is 4. The van der Waals surface area contributed by atoms with Crippen molar-refractivity contribution in [1.82, 2.24) is 5.43 Å². The number of benzene rings is 2. The third-order valence-electron chi connectivity index (χ3n) is 3.78. The molecule has 1 heterocycles. The molecule has 0 spiro atoms. The largest absolute Gasteiger partial charge is 0.494 e. The standard InChI is InChI=1S/C21H18Cl2N2O3/c1-2-11-27-16-6-3-14(4-7-16)21(26)25-24-13-17-8-10-20(28-17)15-5-9-18(22)19(23)12-15/h3-10,12-13H,2,11H2,1H3,(H,25,26)/b24-13-. The van der Waals surface area contributed by atoms with Gasteiger partial charge in [-0.05, 0) is 61.0 Å². The van der Waals surface area contributed by atoms with Gasteiger partial charge >= 0.3 is 0 Å². The van der Waals surface area contributed by atoms with Crippen LogP contribution >= 0.6 is 23.2 Å². The summed E-state index contributed by atoms with van der Waals surface area (Å²) in [6, 6.07) is 15.6. The molecule has 7 heteroatoms. The Morgan fingerprint density at radius 2 is 1.89 bits per heavy atom. The molecule has 5 nitrogen and oxygen atoms in total. The highest BCUT2D eigenvalue weighted by Crippen LogP contribution is 2.29. The minimum absolute atomic E-state index is 0.324. The molecule has 2 aromatic carbocycles. The highest BCUT2D eigenvalue weighted by molar-refractivity contribution is 6.42. The fourth-order valence-electron chi connectivity index (χ4n) is 2.37. The number of hydrogen-bond donors (Lipinski definition) is 1. The molecule has 144 valence electrons. The van der Waals surface area contributed by atoms with Gasteiger partial charge in [-0.3, -0.25) is 4.79 Å². The number of hydrazone groups is 1. The Morgan fingerprint density at radius 1 is 1.11 bits per heavy atom. The average molecular weight is 417 g/mol. The summed E-state index contributed by atoms with van der Waals surface area (Å²) in [6.45, 7) is 2.68. The quantitative estimate of drug-likeness (QED) is 0.390. The van der Waals surface area contributed by atoms with Gasteiger partial charge in [0, 0.05) is 11.1 Å². The molecule has 0 aliphatic carbocycles. The topological polar surface area (TPSA) is 63.8 Å². The minimum atomic E-state index is -0.324. The monoisotopic (exact) mass is 416 g/mol. The van der Waals surface area contributed by atoms with Crippen LogP contribution in [0, 0.1) is 0 Å². The van der Waals surface area contributed by atoms with Gasteiger partial charge in [-0.15, -0.1) is 0 Å². The van der Waals surface area contributed by atoms with Crippen molar-refractivity contribution in [2.75, 3.05) is 6.61 Å². The van der Waals surface area contributed by atoms with Crippen molar-refractivity contribution in [2.45, 2.75) is 13.3 Å². The molecular formula is C21H18Cl2N2O3. The van der Waals surface area contributed by atoms with E-state index in [1.807, 2.05) is 13.0 Å². The van der Waals surface area contributed by atoms with Crippen molar-refractivity contribution in [1.29, 1.82) is 0 Å². The lowest BCUT2D eigenvalue weighted by molar-refractivity contribution is 0.0955. The summed E-state index contributed by atoms with van der Waals surface area (Å²) in [7, 11) is 0. The second-order valence-corrected chi connectivity index (χ2v) is 6.72. The number of nitrogens with one attached hydrogen (secondary N) is 1. The number of rotatable bonds is 7. The lowest BCUT2D eigenvalue weighted by Crippen LogP contribution is -2.17. The minimum Gasteiger partial charge on any atom is -0.494 e. The highest BCUT2D eigenvalue weighted by Gasteiger charge is 2.07. The van der Waals surface area contributed by atoms with Crippen molar-refractivity contribution in [3.63, 3.8) is 0 Å². The number of carbonyl (C=O) groups excluding carboxylic acids is 1. The van der Waals surface area contributed by atoms with Gasteiger partial charge in [-0.1, -0.05) is 30.1 Å². The van der Waals surface area contributed by atoms with Gasteiger partial charge in [0.05, 0.1) is 22.9 Å². The van der Waals surface area contributed by atoms with Crippen LogP contribution in [0.2, 0.25) is 10.0 Å². The Labute approximate surface area is 172 Å². The fraction of sp³-hybridized carbons (Fsp3) is 0.143. The summed E-state index contributed by atoms with van der Waals surface area (Å²) < 4.78 is 11.2. The molecule has 1 N–H and O–H groups in total. The van der Waals surface area contributed by atoms with Crippen molar-refractivity contribution in [3.8, 4) is 17.1 Å². The summed E-state index contributed by atoms with van der Waals surface area (Å²) in [5, 5.41) is 4.86. The molecule has 0 unspecified atom stereocenters. The van der Waals surface area contributed by atoms with Gasteiger partial charge in [0.1, 0.15) is 17.3 Å². The Morgan fingerprint density at radius 3 is 2.61 bits per heavy atom. The van der Waals surface area contributed by atoms with Gasteiger partial charge in [-0.25, -0.2) is 5.43 Å². The van der Waals surface area contributed by atoms with Crippen LogP contribution in [0.15, 0.2) is 64.1 Å². The van der Waals surface area contributed by atoms with Gasteiger partial charge in [-0.2, -0.15) is 5.10 Å². The fourth-order valence-corrected chi connectivity index (χ4v) is 2.67. The molecule has 3 aromatic rings. The number of carbonyl (C=O) groups is 1. The van der Waals surface area contributed by atoms with Crippen molar-refractivity contribution in [2.24, 2.45) is 5.10 Å². The van der Waals surface area contributed by atoms with E-state index < -0.39 is 0 Å². The van der Waals surface area contributed by atoms with Crippen LogP contribution in [0.1, 0.15) is 29.5 Å². The van der Waals surface area contributed by atoms with E-state index in [2.05, 4.69) is 10.5 Å².